The van der Waals surface area contributed by atoms with Crippen molar-refractivity contribution in [3.05, 3.63) is 51.2 Å². The van der Waals surface area contributed by atoms with Crippen LogP contribution in [0.3, 0.4) is 0 Å². The predicted octanol–water partition coefficient (Wildman–Crippen LogP) is 5.37. The molecule has 0 bridgehead atoms. The van der Waals surface area contributed by atoms with Crippen molar-refractivity contribution in [2.45, 2.75) is 86.0 Å². The van der Waals surface area contributed by atoms with Crippen molar-refractivity contribution >= 4 is 22.8 Å². The number of hydrogen-bond acceptors (Lipinski definition) is 6. The zero-order chi connectivity index (χ0) is 25.5. The number of fused-ring (bicyclic) bond motifs is 1. The topological polar surface area (TPSA) is 83.1 Å². The molecule has 35 heavy (non-hydrogen) atoms. The number of anilines is 1. The van der Waals surface area contributed by atoms with Crippen molar-refractivity contribution in [3.8, 4) is 0 Å². The molecule has 0 fully saturated rings. The summed E-state index contributed by atoms with van der Waals surface area (Å²) in [5.74, 6) is 0.820. The second-order valence-electron chi connectivity index (χ2n) is 9.33. The summed E-state index contributed by atoms with van der Waals surface area (Å²) in [6.45, 7) is 14.0. The Kier molecular flexibility index (Phi) is 9.38. The third-order valence-electron chi connectivity index (χ3n) is 6.81. The number of unbranched alkanes of at least 4 members (excludes halogenated alkanes) is 1. The van der Waals surface area contributed by atoms with E-state index in [1.54, 1.807) is 0 Å². The van der Waals surface area contributed by atoms with Crippen LogP contribution in [0.1, 0.15) is 95.3 Å². The highest BCUT2D eigenvalue weighted by molar-refractivity contribution is 6.48. The predicted molar refractivity (Wildman–Crippen MR) is 146 cm³/mol. The zero-order valence-electron chi connectivity index (χ0n) is 22.3. The van der Waals surface area contributed by atoms with Crippen molar-refractivity contribution in [1.82, 2.24) is 9.66 Å². The molecule has 1 atom stereocenters. The Morgan fingerprint density at radius 1 is 1.14 bits per heavy atom. The van der Waals surface area contributed by atoms with Crippen LogP contribution in [0.15, 0.2) is 33.1 Å². The lowest BCUT2D eigenvalue weighted by Gasteiger charge is -2.22. The van der Waals surface area contributed by atoms with E-state index in [9.17, 15) is 9.90 Å². The van der Waals surface area contributed by atoms with Gasteiger partial charge in [0.2, 0.25) is 0 Å². The van der Waals surface area contributed by atoms with Crippen molar-refractivity contribution in [2.24, 2.45) is 10.1 Å². The molecule has 1 N–H and O–H groups in total. The van der Waals surface area contributed by atoms with E-state index in [4.69, 9.17) is 9.98 Å². The molecule has 1 aromatic heterocycles. The van der Waals surface area contributed by atoms with Gasteiger partial charge >= 0.3 is 0 Å². The molecule has 1 aromatic carbocycles. The van der Waals surface area contributed by atoms with E-state index in [1.807, 2.05) is 26.0 Å². The Morgan fingerprint density at radius 2 is 1.91 bits per heavy atom. The first-order chi connectivity index (χ1) is 16.9. The standard InChI is InChI=1S/C28H41N5O2/c1-7-11-13-21(9-3)26-23(12-8-2)28(35)33-27(30-26)25(20(6)31-33)29-24-15-14-22(18-19(24)5)32(10-4)16-17-34/h14-15,18,21,34H,7-13,16-17H2,1-6H3. The highest BCUT2D eigenvalue weighted by Gasteiger charge is 2.28. The maximum Gasteiger partial charge on any atom is 0.277 e. The number of aliphatic imine (C=N–C) groups is 1. The summed E-state index contributed by atoms with van der Waals surface area (Å²) >= 11 is 0. The van der Waals surface area contributed by atoms with Crippen LogP contribution in [0, 0.1) is 6.92 Å². The van der Waals surface area contributed by atoms with Crippen LogP contribution in [0.5, 0.6) is 0 Å². The van der Waals surface area contributed by atoms with Crippen LogP contribution >= 0.6 is 0 Å². The molecule has 2 aromatic rings. The lowest BCUT2D eigenvalue weighted by Crippen LogP contribution is -2.28. The molecule has 0 aliphatic carbocycles. The third-order valence-corrected chi connectivity index (χ3v) is 6.81. The quantitative estimate of drug-likeness (QED) is 0.444. The minimum absolute atomic E-state index is 0.0546. The summed E-state index contributed by atoms with van der Waals surface area (Å²) in [4.78, 5) is 25.7. The van der Waals surface area contributed by atoms with E-state index in [0.717, 1.165) is 66.8 Å². The minimum atomic E-state index is -0.0546. The number of aliphatic hydroxyl groups excluding tert-OH is 1. The molecular formula is C28H41N5O2. The van der Waals surface area contributed by atoms with Gasteiger partial charge in [-0.2, -0.15) is 9.78 Å². The number of hydrogen-bond donors (Lipinski definition) is 1. The van der Waals surface area contributed by atoms with Crippen LogP contribution in [0.4, 0.5) is 11.4 Å². The molecule has 190 valence electrons. The number of aryl methyl sites for hydroxylation is 1. The van der Waals surface area contributed by atoms with Crippen LogP contribution in [-0.2, 0) is 6.42 Å². The molecule has 0 saturated carbocycles. The van der Waals surface area contributed by atoms with Gasteiger partial charge in [-0.1, -0.05) is 40.0 Å². The molecule has 3 rings (SSSR count). The van der Waals surface area contributed by atoms with Gasteiger partial charge in [-0.25, -0.2) is 9.98 Å². The largest absolute Gasteiger partial charge is 0.395 e. The van der Waals surface area contributed by atoms with Crippen molar-refractivity contribution in [2.75, 3.05) is 24.6 Å². The molecule has 7 nitrogen and oxygen atoms in total. The fourth-order valence-electron chi connectivity index (χ4n) is 4.78. The van der Waals surface area contributed by atoms with E-state index in [-0.39, 0.29) is 18.1 Å². The Hall–Kier alpha value is -2.80. The zero-order valence-corrected chi connectivity index (χ0v) is 22.3. The molecule has 1 aliphatic heterocycles. The van der Waals surface area contributed by atoms with Crippen LogP contribution < -0.4 is 10.5 Å². The first kappa shape index (κ1) is 26.8. The van der Waals surface area contributed by atoms with Gasteiger partial charge in [-0.3, -0.25) is 4.79 Å². The summed E-state index contributed by atoms with van der Waals surface area (Å²) in [5.41, 5.74) is 5.97. The summed E-state index contributed by atoms with van der Waals surface area (Å²) in [7, 11) is 0. The van der Waals surface area contributed by atoms with E-state index in [2.05, 4.69) is 43.8 Å². The maximum absolute atomic E-state index is 13.5. The van der Waals surface area contributed by atoms with Crippen LogP contribution in [0.25, 0.3) is 0 Å². The molecular weight excluding hydrogens is 438 g/mol. The summed E-state index contributed by atoms with van der Waals surface area (Å²) in [6.07, 6.45) is 5.86. The first-order valence-corrected chi connectivity index (χ1v) is 13.2. The van der Waals surface area contributed by atoms with Gasteiger partial charge in [-0.15, -0.1) is 0 Å². The number of rotatable bonds is 12. The average Bonchev–Trinajstić information content (AvgIpc) is 3.16. The van der Waals surface area contributed by atoms with E-state index < -0.39 is 0 Å². The van der Waals surface area contributed by atoms with Crippen molar-refractivity contribution < 1.29 is 5.11 Å². The second kappa shape index (κ2) is 12.2. The molecule has 0 radical (unpaired) electrons. The molecule has 0 saturated heterocycles. The van der Waals surface area contributed by atoms with Crippen molar-refractivity contribution in [3.63, 3.8) is 0 Å². The monoisotopic (exact) mass is 479 g/mol. The Bertz CT molecular complexity index is 1150. The molecule has 0 amide bonds. The maximum atomic E-state index is 13.5. The van der Waals surface area contributed by atoms with Crippen LogP contribution in [0.2, 0.25) is 0 Å². The number of aromatic nitrogens is 2. The minimum Gasteiger partial charge on any atom is -0.395 e. The molecule has 0 spiro atoms. The number of likely N-dealkylation sites (N-methyl/N-ethyl adjacent to an activating group) is 1. The average molecular weight is 480 g/mol. The fraction of sp³-hybridized carbons (Fsp3) is 0.571. The summed E-state index contributed by atoms with van der Waals surface area (Å²) < 4.78 is 1.46. The molecule has 2 heterocycles. The highest BCUT2D eigenvalue weighted by Crippen LogP contribution is 2.29. The number of nitrogens with zero attached hydrogens (tertiary/aromatic N) is 5. The van der Waals surface area contributed by atoms with E-state index in [1.165, 1.54) is 4.68 Å². The summed E-state index contributed by atoms with van der Waals surface area (Å²) in [6, 6.07) is 6.11. The Balaban J connectivity index is 2.10. The smallest absolute Gasteiger partial charge is 0.277 e. The number of aliphatic hydroxyl groups is 1. The summed E-state index contributed by atoms with van der Waals surface area (Å²) in [5, 5.41) is 13.9. The third kappa shape index (κ3) is 5.72. The van der Waals surface area contributed by atoms with Gasteiger partial charge in [0.25, 0.3) is 5.56 Å². The lowest BCUT2D eigenvalue weighted by molar-refractivity contribution is 0.302. The van der Waals surface area contributed by atoms with E-state index >= 15 is 0 Å². The van der Waals surface area contributed by atoms with Gasteiger partial charge in [0.1, 0.15) is 5.71 Å². The fourth-order valence-corrected chi connectivity index (χ4v) is 4.78. The highest BCUT2D eigenvalue weighted by atomic mass is 16.3. The molecule has 1 unspecified atom stereocenters. The molecule has 1 aliphatic rings. The van der Waals surface area contributed by atoms with Gasteiger partial charge in [-0.05, 0) is 63.8 Å². The lowest BCUT2D eigenvalue weighted by atomic mass is 9.91. The SMILES string of the molecule is CCCCC(CC)c1nc2n(c(=O)c1CCC)N=C(C)C2=Nc1ccc(N(CC)CCO)cc1C. The normalized spacial score (nSPS) is 14.8. The number of benzene rings is 1. The van der Waals surface area contributed by atoms with Gasteiger partial charge in [0.15, 0.2) is 5.82 Å². The molecule has 7 heteroatoms. The van der Waals surface area contributed by atoms with Crippen LogP contribution in [-0.4, -0.2) is 45.9 Å². The van der Waals surface area contributed by atoms with Crippen molar-refractivity contribution in [1.29, 1.82) is 0 Å². The first-order valence-electron chi connectivity index (χ1n) is 13.2. The second-order valence-corrected chi connectivity index (χ2v) is 9.33. The Morgan fingerprint density at radius 3 is 2.51 bits per heavy atom. The van der Waals surface area contributed by atoms with Gasteiger partial charge < -0.3 is 10.0 Å². The van der Waals surface area contributed by atoms with Gasteiger partial charge in [0.05, 0.1) is 23.7 Å². The van der Waals surface area contributed by atoms with E-state index in [0.29, 0.717) is 30.2 Å². The van der Waals surface area contributed by atoms with Gasteiger partial charge in [0, 0.05) is 30.3 Å². The Labute approximate surface area is 209 Å².